The smallest absolute Gasteiger partial charge is 0.225 e. The summed E-state index contributed by atoms with van der Waals surface area (Å²) in [6.45, 7) is 3.93. The highest BCUT2D eigenvalue weighted by Gasteiger charge is 2.49. The topological polar surface area (TPSA) is 46.3 Å². The maximum absolute atomic E-state index is 12.3. The predicted octanol–water partition coefficient (Wildman–Crippen LogP) is 1.23. The highest BCUT2D eigenvalue weighted by molar-refractivity contribution is 5.79. The van der Waals surface area contributed by atoms with Crippen molar-refractivity contribution in [2.24, 2.45) is 29.4 Å². The van der Waals surface area contributed by atoms with Crippen molar-refractivity contribution < 1.29 is 4.79 Å². The van der Waals surface area contributed by atoms with Crippen molar-refractivity contribution in [3.8, 4) is 0 Å². The first kappa shape index (κ1) is 10.6. The van der Waals surface area contributed by atoms with Crippen molar-refractivity contribution in [1.82, 2.24) is 4.90 Å². The molecule has 90 valence electrons. The molecule has 2 N–H and O–H groups in total. The van der Waals surface area contributed by atoms with E-state index in [1.807, 2.05) is 0 Å². The van der Waals surface area contributed by atoms with Crippen LogP contribution in [0.3, 0.4) is 0 Å². The van der Waals surface area contributed by atoms with E-state index in [9.17, 15) is 4.79 Å². The molecule has 1 saturated heterocycles. The third-order valence-corrected chi connectivity index (χ3v) is 4.88. The number of carbonyl (C=O) groups excluding carboxylic acids is 1. The standard InChI is InChI=1S/C13H22N2O/c1-8-7-15(3-2-12(8)14)13(16)11-5-9-4-10(9)6-11/h8-12H,2-7,14H2,1H3. The summed E-state index contributed by atoms with van der Waals surface area (Å²) in [5.74, 6) is 3.04. The first-order valence-corrected chi connectivity index (χ1v) is 6.69. The van der Waals surface area contributed by atoms with E-state index in [1.165, 1.54) is 19.3 Å². The maximum Gasteiger partial charge on any atom is 0.225 e. The second-order valence-corrected chi connectivity index (χ2v) is 6.14. The van der Waals surface area contributed by atoms with Gasteiger partial charge in [0.1, 0.15) is 0 Å². The molecule has 16 heavy (non-hydrogen) atoms. The summed E-state index contributed by atoms with van der Waals surface area (Å²) >= 11 is 0. The molecule has 0 bridgehead atoms. The SMILES string of the molecule is CC1CN(C(=O)C2CC3CC3C2)CCC1N. The van der Waals surface area contributed by atoms with E-state index < -0.39 is 0 Å². The summed E-state index contributed by atoms with van der Waals surface area (Å²) in [4.78, 5) is 14.4. The number of hydrogen-bond donors (Lipinski definition) is 1. The molecule has 2 saturated carbocycles. The molecule has 3 nitrogen and oxygen atoms in total. The van der Waals surface area contributed by atoms with Crippen LogP contribution >= 0.6 is 0 Å². The van der Waals surface area contributed by atoms with Crippen LogP contribution in [0.25, 0.3) is 0 Å². The average molecular weight is 222 g/mol. The lowest BCUT2D eigenvalue weighted by Gasteiger charge is -2.36. The number of fused-ring (bicyclic) bond motifs is 1. The van der Waals surface area contributed by atoms with Gasteiger partial charge in [-0.15, -0.1) is 0 Å². The predicted molar refractivity (Wildman–Crippen MR) is 62.7 cm³/mol. The zero-order chi connectivity index (χ0) is 11.3. The molecule has 4 unspecified atom stereocenters. The van der Waals surface area contributed by atoms with Gasteiger partial charge in [-0.3, -0.25) is 4.79 Å². The highest BCUT2D eigenvalue weighted by Crippen LogP contribution is 2.54. The zero-order valence-electron chi connectivity index (χ0n) is 10.1. The molecule has 0 aromatic rings. The fraction of sp³-hybridized carbons (Fsp3) is 0.923. The summed E-state index contributed by atoms with van der Waals surface area (Å²) in [6, 6.07) is 0.293. The normalized spacial score (nSPS) is 46.6. The number of nitrogens with two attached hydrogens (primary N) is 1. The lowest BCUT2D eigenvalue weighted by atomic mass is 9.93. The largest absolute Gasteiger partial charge is 0.342 e. The van der Waals surface area contributed by atoms with Gasteiger partial charge in [-0.25, -0.2) is 0 Å². The van der Waals surface area contributed by atoms with Crippen LogP contribution < -0.4 is 5.73 Å². The van der Waals surface area contributed by atoms with Crippen molar-refractivity contribution in [3.05, 3.63) is 0 Å². The quantitative estimate of drug-likeness (QED) is 0.725. The Morgan fingerprint density at radius 1 is 1.25 bits per heavy atom. The molecular weight excluding hydrogens is 200 g/mol. The fourth-order valence-corrected chi connectivity index (χ4v) is 3.54. The van der Waals surface area contributed by atoms with E-state index in [0.29, 0.717) is 23.8 Å². The number of nitrogens with zero attached hydrogens (tertiary/aromatic N) is 1. The van der Waals surface area contributed by atoms with Gasteiger partial charge in [-0.1, -0.05) is 6.92 Å². The minimum absolute atomic E-state index is 0.293. The number of amides is 1. The molecule has 0 aromatic carbocycles. The molecule has 3 rings (SSSR count). The Morgan fingerprint density at radius 2 is 1.94 bits per heavy atom. The summed E-state index contributed by atoms with van der Waals surface area (Å²) in [6.07, 6.45) is 4.71. The number of hydrogen-bond acceptors (Lipinski definition) is 2. The van der Waals surface area contributed by atoms with Crippen LogP contribution in [-0.2, 0) is 4.79 Å². The number of rotatable bonds is 1. The van der Waals surface area contributed by atoms with Crippen LogP contribution in [-0.4, -0.2) is 29.9 Å². The van der Waals surface area contributed by atoms with Crippen LogP contribution in [0.2, 0.25) is 0 Å². The number of carbonyl (C=O) groups is 1. The van der Waals surface area contributed by atoms with Crippen LogP contribution in [0.15, 0.2) is 0 Å². The number of likely N-dealkylation sites (tertiary alicyclic amines) is 1. The zero-order valence-corrected chi connectivity index (χ0v) is 10.1. The summed E-state index contributed by atoms with van der Waals surface area (Å²) < 4.78 is 0. The van der Waals surface area contributed by atoms with E-state index in [1.54, 1.807) is 0 Å². The van der Waals surface area contributed by atoms with E-state index >= 15 is 0 Å². The Morgan fingerprint density at radius 3 is 2.56 bits per heavy atom. The molecule has 3 heteroatoms. The minimum Gasteiger partial charge on any atom is -0.342 e. The highest BCUT2D eigenvalue weighted by atomic mass is 16.2. The Bertz CT molecular complexity index is 294. The fourth-order valence-electron chi connectivity index (χ4n) is 3.54. The van der Waals surface area contributed by atoms with Gasteiger partial charge in [0.25, 0.3) is 0 Å². The van der Waals surface area contributed by atoms with Crippen molar-refractivity contribution >= 4 is 5.91 Å². The van der Waals surface area contributed by atoms with Crippen molar-refractivity contribution in [1.29, 1.82) is 0 Å². The van der Waals surface area contributed by atoms with E-state index in [2.05, 4.69) is 11.8 Å². The van der Waals surface area contributed by atoms with Crippen LogP contribution in [0.1, 0.15) is 32.6 Å². The van der Waals surface area contributed by atoms with Gasteiger partial charge in [0.15, 0.2) is 0 Å². The van der Waals surface area contributed by atoms with Gasteiger partial charge in [-0.05, 0) is 43.4 Å². The van der Waals surface area contributed by atoms with E-state index in [0.717, 1.165) is 31.3 Å². The molecule has 0 radical (unpaired) electrons. The van der Waals surface area contributed by atoms with Crippen LogP contribution in [0.4, 0.5) is 0 Å². The first-order chi connectivity index (χ1) is 7.65. The summed E-state index contributed by atoms with van der Waals surface area (Å²) in [5, 5.41) is 0. The minimum atomic E-state index is 0.293. The van der Waals surface area contributed by atoms with Crippen LogP contribution in [0.5, 0.6) is 0 Å². The summed E-state index contributed by atoms with van der Waals surface area (Å²) in [7, 11) is 0. The Balaban J connectivity index is 1.58. The number of piperidine rings is 1. The van der Waals surface area contributed by atoms with E-state index in [4.69, 9.17) is 5.73 Å². The first-order valence-electron chi connectivity index (χ1n) is 6.69. The lowest BCUT2D eigenvalue weighted by Crippen LogP contribution is -2.49. The van der Waals surface area contributed by atoms with Crippen molar-refractivity contribution in [3.63, 3.8) is 0 Å². The van der Waals surface area contributed by atoms with Crippen molar-refractivity contribution in [2.75, 3.05) is 13.1 Å². The van der Waals surface area contributed by atoms with Crippen LogP contribution in [0, 0.1) is 23.7 Å². The molecule has 1 heterocycles. The third kappa shape index (κ3) is 1.75. The van der Waals surface area contributed by atoms with Gasteiger partial charge >= 0.3 is 0 Å². The molecule has 3 fully saturated rings. The Hall–Kier alpha value is -0.570. The second-order valence-electron chi connectivity index (χ2n) is 6.14. The average Bonchev–Trinajstić information content (AvgIpc) is 2.89. The van der Waals surface area contributed by atoms with Gasteiger partial charge in [0, 0.05) is 25.0 Å². The molecular formula is C13H22N2O. The molecule has 0 aromatic heterocycles. The van der Waals surface area contributed by atoms with Gasteiger partial charge in [0.2, 0.25) is 5.91 Å². The summed E-state index contributed by atoms with van der Waals surface area (Å²) in [5.41, 5.74) is 5.99. The monoisotopic (exact) mass is 222 g/mol. The molecule has 1 aliphatic heterocycles. The lowest BCUT2D eigenvalue weighted by molar-refractivity contribution is -0.137. The third-order valence-electron chi connectivity index (χ3n) is 4.88. The molecule has 2 aliphatic carbocycles. The van der Waals surface area contributed by atoms with Gasteiger partial charge < -0.3 is 10.6 Å². The van der Waals surface area contributed by atoms with Crippen molar-refractivity contribution in [2.45, 2.75) is 38.6 Å². The molecule has 0 spiro atoms. The van der Waals surface area contributed by atoms with E-state index in [-0.39, 0.29) is 0 Å². The second kappa shape index (κ2) is 3.73. The molecule has 3 aliphatic rings. The molecule has 1 amide bonds. The Labute approximate surface area is 97.4 Å². The van der Waals surface area contributed by atoms with Gasteiger partial charge in [-0.2, -0.15) is 0 Å². The van der Waals surface area contributed by atoms with Gasteiger partial charge in [0.05, 0.1) is 0 Å². The maximum atomic E-state index is 12.3. The Kier molecular flexibility index (Phi) is 2.46. The molecule has 4 atom stereocenters.